The zero-order valence-electron chi connectivity index (χ0n) is 18.5. The van der Waals surface area contributed by atoms with E-state index in [9.17, 15) is 14.9 Å². The summed E-state index contributed by atoms with van der Waals surface area (Å²) < 4.78 is 10.2. The Kier molecular flexibility index (Phi) is 6.17. The molecule has 2 fully saturated rings. The number of fused-ring (bicyclic) bond motifs is 1. The molecule has 0 bridgehead atoms. The van der Waals surface area contributed by atoms with Gasteiger partial charge in [0.15, 0.2) is 11.3 Å². The van der Waals surface area contributed by atoms with Gasteiger partial charge in [-0.05, 0) is 37.8 Å². The van der Waals surface area contributed by atoms with Gasteiger partial charge in [-0.25, -0.2) is 19.3 Å². The standard InChI is InChI=1S/C21H27N7O3S/c1-4-31-19(29)17-12-23-18-16(26-7-9-27(10-8-26)20(30)25(2)3)11-15(13-28(17)18)32-24-21(14-22)5-6-21/h11-13,24H,4-10H2,1-3H3. The van der Waals surface area contributed by atoms with E-state index < -0.39 is 11.5 Å². The highest BCUT2D eigenvalue weighted by Gasteiger charge is 2.43. The molecule has 2 amide bonds. The molecule has 1 aliphatic heterocycles. The maximum absolute atomic E-state index is 12.5. The average molecular weight is 458 g/mol. The number of carbonyl (C=O) groups excluding carboxylic acids is 2. The summed E-state index contributed by atoms with van der Waals surface area (Å²) in [4.78, 5) is 35.7. The Morgan fingerprint density at radius 1 is 1.31 bits per heavy atom. The number of aromatic nitrogens is 2. The number of hydrogen-bond donors (Lipinski definition) is 1. The number of nitrogens with zero attached hydrogens (tertiary/aromatic N) is 6. The Labute approximate surface area is 191 Å². The van der Waals surface area contributed by atoms with E-state index in [4.69, 9.17) is 4.74 Å². The molecule has 1 saturated carbocycles. The number of piperazine rings is 1. The summed E-state index contributed by atoms with van der Waals surface area (Å²) in [5.41, 5.74) is 1.42. The summed E-state index contributed by atoms with van der Waals surface area (Å²) in [6.45, 7) is 4.55. The van der Waals surface area contributed by atoms with Gasteiger partial charge in [0, 0.05) is 51.4 Å². The summed E-state index contributed by atoms with van der Waals surface area (Å²) in [5, 5.41) is 9.37. The Morgan fingerprint density at radius 3 is 2.62 bits per heavy atom. The van der Waals surface area contributed by atoms with Crippen LogP contribution in [0.4, 0.5) is 10.5 Å². The van der Waals surface area contributed by atoms with Gasteiger partial charge in [-0.3, -0.25) is 4.40 Å². The molecule has 1 saturated heterocycles. The minimum Gasteiger partial charge on any atom is -0.461 e. The van der Waals surface area contributed by atoms with Crippen LogP contribution in [-0.4, -0.2) is 83.6 Å². The van der Waals surface area contributed by atoms with Crippen molar-refractivity contribution in [2.45, 2.75) is 30.2 Å². The van der Waals surface area contributed by atoms with Gasteiger partial charge in [0.1, 0.15) is 5.54 Å². The topological polar surface area (TPSA) is 106 Å². The van der Waals surface area contributed by atoms with Crippen molar-refractivity contribution in [3.8, 4) is 6.07 Å². The second-order valence-corrected chi connectivity index (χ2v) is 9.05. The maximum atomic E-state index is 12.5. The zero-order valence-corrected chi connectivity index (χ0v) is 19.3. The third-order valence-electron chi connectivity index (χ3n) is 5.65. The molecule has 0 aromatic carbocycles. The van der Waals surface area contributed by atoms with Gasteiger partial charge in [-0.1, -0.05) is 0 Å². The molecule has 2 aliphatic rings. The van der Waals surface area contributed by atoms with E-state index in [1.165, 1.54) is 18.1 Å². The van der Waals surface area contributed by atoms with Crippen molar-refractivity contribution in [1.82, 2.24) is 23.9 Å². The van der Waals surface area contributed by atoms with Crippen LogP contribution in [0, 0.1) is 11.3 Å². The number of rotatable bonds is 6. The van der Waals surface area contributed by atoms with E-state index >= 15 is 0 Å². The highest BCUT2D eigenvalue weighted by molar-refractivity contribution is 7.97. The van der Waals surface area contributed by atoms with Gasteiger partial charge in [0.05, 0.1) is 24.6 Å². The lowest BCUT2D eigenvalue weighted by atomic mass is 10.2. The lowest BCUT2D eigenvalue weighted by Gasteiger charge is -2.37. The predicted octanol–water partition coefficient (Wildman–Crippen LogP) is 1.97. The smallest absolute Gasteiger partial charge is 0.356 e. The fourth-order valence-electron chi connectivity index (χ4n) is 3.63. The monoisotopic (exact) mass is 457 g/mol. The van der Waals surface area contributed by atoms with Crippen molar-refractivity contribution in [2.75, 3.05) is 51.8 Å². The van der Waals surface area contributed by atoms with Crippen LogP contribution in [0.1, 0.15) is 30.3 Å². The third-order valence-corrected chi connectivity index (χ3v) is 6.60. The Bertz CT molecular complexity index is 1070. The first-order chi connectivity index (χ1) is 15.4. The van der Waals surface area contributed by atoms with Crippen LogP contribution in [0.15, 0.2) is 23.4 Å². The number of nitriles is 1. The SMILES string of the molecule is CCOC(=O)c1cnc2c(N3CCN(C(=O)N(C)C)CC3)cc(SNC3(C#N)CC3)cn12. The number of nitrogens with one attached hydrogen (secondary N) is 1. The third kappa shape index (κ3) is 4.33. The Morgan fingerprint density at radius 2 is 2.03 bits per heavy atom. The zero-order chi connectivity index (χ0) is 22.9. The van der Waals surface area contributed by atoms with Gasteiger partial charge in [-0.15, -0.1) is 0 Å². The summed E-state index contributed by atoms with van der Waals surface area (Å²) >= 11 is 1.38. The number of ether oxygens (including phenoxy) is 1. The molecular formula is C21H27N7O3S. The predicted molar refractivity (Wildman–Crippen MR) is 121 cm³/mol. The highest BCUT2D eigenvalue weighted by Crippen LogP contribution is 2.38. The number of amides is 2. The Hall–Kier alpha value is -2.97. The van der Waals surface area contributed by atoms with Gasteiger partial charge in [0.25, 0.3) is 0 Å². The average Bonchev–Trinajstić information content (AvgIpc) is 3.46. The molecule has 170 valence electrons. The minimum atomic E-state index is -0.475. The van der Waals surface area contributed by atoms with Gasteiger partial charge < -0.3 is 19.4 Å². The highest BCUT2D eigenvalue weighted by atomic mass is 32.2. The van der Waals surface area contributed by atoms with Crippen molar-refractivity contribution >= 4 is 35.3 Å². The van der Waals surface area contributed by atoms with E-state index in [1.807, 2.05) is 17.2 Å². The van der Waals surface area contributed by atoms with Crippen molar-refractivity contribution in [1.29, 1.82) is 5.26 Å². The van der Waals surface area contributed by atoms with Gasteiger partial charge in [0.2, 0.25) is 0 Å². The van der Waals surface area contributed by atoms with Crippen molar-refractivity contribution in [2.24, 2.45) is 0 Å². The molecule has 2 aromatic rings. The van der Waals surface area contributed by atoms with Crippen LogP contribution >= 0.6 is 11.9 Å². The molecule has 10 nitrogen and oxygen atoms in total. The van der Waals surface area contributed by atoms with Crippen molar-refractivity contribution < 1.29 is 14.3 Å². The molecule has 2 aromatic heterocycles. The summed E-state index contributed by atoms with van der Waals surface area (Å²) in [6.07, 6.45) is 5.02. The summed E-state index contributed by atoms with van der Waals surface area (Å²) in [7, 11) is 3.50. The van der Waals surface area contributed by atoms with E-state index in [-0.39, 0.29) is 12.6 Å². The quantitative estimate of drug-likeness (QED) is 0.518. The number of anilines is 1. The molecule has 11 heteroatoms. The molecule has 1 N–H and O–H groups in total. The fourth-order valence-corrected chi connectivity index (χ4v) is 4.52. The summed E-state index contributed by atoms with van der Waals surface area (Å²) in [5.74, 6) is -0.432. The fraction of sp³-hybridized carbons (Fsp3) is 0.524. The van der Waals surface area contributed by atoms with Crippen LogP contribution in [0.2, 0.25) is 0 Å². The molecular weight excluding hydrogens is 430 g/mol. The molecule has 0 radical (unpaired) electrons. The van der Waals surface area contributed by atoms with Gasteiger partial charge >= 0.3 is 12.0 Å². The number of carbonyl (C=O) groups is 2. The van der Waals surface area contributed by atoms with Crippen LogP contribution in [0.3, 0.4) is 0 Å². The van der Waals surface area contributed by atoms with E-state index in [0.29, 0.717) is 37.5 Å². The molecule has 0 spiro atoms. The van der Waals surface area contributed by atoms with Crippen molar-refractivity contribution in [3.63, 3.8) is 0 Å². The van der Waals surface area contributed by atoms with Crippen molar-refractivity contribution in [3.05, 3.63) is 24.2 Å². The molecule has 32 heavy (non-hydrogen) atoms. The van der Waals surface area contributed by atoms with Crippen LogP contribution in [0.25, 0.3) is 5.65 Å². The second kappa shape index (κ2) is 8.88. The molecule has 4 rings (SSSR count). The molecule has 0 atom stereocenters. The largest absolute Gasteiger partial charge is 0.461 e. The number of hydrogen-bond acceptors (Lipinski definition) is 8. The minimum absolute atomic E-state index is 0.0000495. The van der Waals surface area contributed by atoms with Gasteiger partial charge in [-0.2, -0.15) is 5.26 Å². The first kappa shape index (κ1) is 22.2. The van der Waals surface area contributed by atoms with E-state index in [0.717, 1.165) is 23.4 Å². The lowest BCUT2D eigenvalue weighted by Crippen LogP contribution is -2.51. The number of urea groups is 1. The molecule has 1 aliphatic carbocycles. The Balaban J connectivity index is 1.64. The summed E-state index contributed by atoms with van der Waals surface area (Å²) in [6, 6.07) is 4.35. The number of esters is 1. The first-order valence-electron chi connectivity index (χ1n) is 10.6. The van der Waals surface area contributed by atoms with E-state index in [2.05, 4.69) is 20.7 Å². The van der Waals surface area contributed by atoms with Crippen LogP contribution in [0.5, 0.6) is 0 Å². The molecule has 3 heterocycles. The van der Waals surface area contributed by atoms with E-state index in [1.54, 1.807) is 30.3 Å². The van der Waals surface area contributed by atoms with Crippen LogP contribution in [-0.2, 0) is 4.74 Å². The number of pyridine rings is 1. The normalized spacial score (nSPS) is 17.2. The second-order valence-electron chi connectivity index (χ2n) is 8.17. The number of imidazole rings is 1. The van der Waals surface area contributed by atoms with Crippen LogP contribution < -0.4 is 9.62 Å². The first-order valence-corrected chi connectivity index (χ1v) is 11.4. The maximum Gasteiger partial charge on any atom is 0.356 e. The molecule has 0 unspecified atom stereocenters. The lowest BCUT2D eigenvalue weighted by molar-refractivity contribution is 0.0518.